The summed E-state index contributed by atoms with van der Waals surface area (Å²) in [5.74, 6) is -0.920. The van der Waals surface area contributed by atoms with Crippen LogP contribution in [0.3, 0.4) is 0 Å². The Morgan fingerprint density at radius 2 is 1.10 bits per heavy atom. The summed E-state index contributed by atoms with van der Waals surface area (Å²) >= 11 is 0. The summed E-state index contributed by atoms with van der Waals surface area (Å²) in [6, 6.07) is 0. The molecule has 41 heavy (non-hydrogen) atoms. The maximum atomic E-state index is 12.3. The van der Waals surface area contributed by atoms with Crippen molar-refractivity contribution in [2.24, 2.45) is 5.73 Å². The third kappa shape index (κ3) is 28.9. The lowest BCUT2D eigenvalue weighted by Gasteiger charge is -2.19. The first kappa shape index (κ1) is 40.0. The van der Waals surface area contributed by atoms with Crippen molar-refractivity contribution < 1.29 is 37.6 Å². The molecule has 0 aliphatic carbocycles. The molecule has 0 heterocycles. The molecular weight excluding hydrogens is 545 g/mol. The molecule has 0 rings (SSSR count). The number of rotatable bonds is 31. The summed E-state index contributed by atoms with van der Waals surface area (Å²) in [6.45, 7) is 3.13. The van der Waals surface area contributed by atoms with E-state index < -0.39 is 32.5 Å². The minimum Gasteiger partial charge on any atom is -0.462 e. The Morgan fingerprint density at radius 1 is 0.659 bits per heavy atom. The topological polar surface area (TPSA) is 134 Å². The molecule has 10 heteroatoms. The number of carbonyl (C=O) groups excluding carboxylic acids is 2. The van der Waals surface area contributed by atoms with Gasteiger partial charge in [-0.2, -0.15) is 0 Å². The zero-order valence-corrected chi connectivity index (χ0v) is 27.2. The lowest BCUT2D eigenvalue weighted by molar-refractivity contribution is -0.161. The van der Waals surface area contributed by atoms with Gasteiger partial charge in [-0.15, -0.1) is 0 Å². The first-order valence-electron chi connectivity index (χ1n) is 16.5. The zero-order valence-electron chi connectivity index (χ0n) is 26.3. The molecule has 0 fully saturated rings. The normalized spacial score (nSPS) is 13.6. The van der Waals surface area contributed by atoms with Gasteiger partial charge in [-0.3, -0.25) is 18.6 Å². The number of unbranched alkanes of at least 4 members (excludes halogenated alkanes) is 19. The van der Waals surface area contributed by atoms with Gasteiger partial charge in [0.2, 0.25) is 0 Å². The van der Waals surface area contributed by atoms with E-state index in [1.807, 2.05) is 0 Å². The van der Waals surface area contributed by atoms with E-state index in [9.17, 15) is 19.0 Å². The van der Waals surface area contributed by atoms with Crippen molar-refractivity contribution in [1.29, 1.82) is 0 Å². The van der Waals surface area contributed by atoms with Gasteiger partial charge in [-0.25, -0.2) is 4.57 Å². The molecule has 3 N–H and O–H groups in total. The van der Waals surface area contributed by atoms with Gasteiger partial charge in [0.25, 0.3) is 0 Å². The van der Waals surface area contributed by atoms with Gasteiger partial charge in [0.05, 0.1) is 13.2 Å². The summed E-state index contributed by atoms with van der Waals surface area (Å²) in [7, 11) is -4.33. The van der Waals surface area contributed by atoms with E-state index in [1.165, 1.54) is 109 Å². The first-order chi connectivity index (χ1) is 19.8. The molecule has 0 spiro atoms. The van der Waals surface area contributed by atoms with Crippen molar-refractivity contribution in [3.8, 4) is 0 Å². The number of phosphoric ester groups is 1. The fraction of sp³-hybridized carbons (Fsp3) is 0.935. The Morgan fingerprint density at radius 3 is 1.51 bits per heavy atom. The highest BCUT2D eigenvalue weighted by Gasteiger charge is 2.25. The van der Waals surface area contributed by atoms with Gasteiger partial charge < -0.3 is 20.1 Å². The largest absolute Gasteiger partial charge is 0.472 e. The van der Waals surface area contributed by atoms with E-state index >= 15 is 0 Å². The maximum absolute atomic E-state index is 12.3. The highest BCUT2D eigenvalue weighted by Crippen LogP contribution is 2.43. The highest BCUT2D eigenvalue weighted by atomic mass is 31.2. The summed E-state index contributed by atoms with van der Waals surface area (Å²) < 4.78 is 31.7. The fourth-order valence-corrected chi connectivity index (χ4v) is 5.32. The molecule has 9 nitrogen and oxygen atoms in total. The van der Waals surface area contributed by atoms with Crippen LogP contribution < -0.4 is 5.73 Å². The van der Waals surface area contributed by atoms with E-state index in [1.54, 1.807) is 6.92 Å². The molecule has 0 aliphatic heterocycles. The van der Waals surface area contributed by atoms with Crippen molar-refractivity contribution in [2.45, 2.75) is 161 Å². The standard InChI is InChI=1S/C31H62NO8P/c1-3-5-6-7-8-9-10-11-12-13-14-15-16-17-18-19-20-21-22-23-24-31(34)40-29(27-37-30(33)4-2)28-39-41(35,36)38-26-25-32/h29H,3-28,32H2,1-2H3,(H,35,36). The van der Waals surface area contributed by atoms with Crippen LogP contribution >= 0.6 is 7.82 Å². The third-order valence-electron chi connectivity index (χ3n) is 7.05. The van der Waals surface area contributed by atoms with Crippen LogP contribution in [-0.4, -0.2) is 49.3 Å². The Kier molecular flexibility index (Phi) is 28.4. The van der Waals surface area contributed by atoms with Gasteiger partial charge in [-0.1, -0.05) is 136 Å². The molecule has 0 aromatic rings. The molecule has 2 atom stereocenters. The van der Waals surface area contributed by atoms with Crippen LogP contribution in [0.2, 0.25) is 0 Å². The van der Waals surface area contributed by atoms with E-state index in [0.717, 1.165) is 12.8 Å². The predicted molar refractivity (Wildman–Crippen MR) is 165 cm³/mol. The monoisotopic (exact) mass is 607 g/mol. The molecule has 2 unspecified atom stereocenters. The minimum atomic E-state index is -4.33. The molecular formula is C31H62NO8P. The SMILES string of the molecule is CCCCCCCCCCCCCCCCCCCCCCC(=O)OC(COC(=O)CC)COP(=O)(O)OCCN. The van der Waals surface area contributed by atoms with Crippen LogP contribution in [0, 0.1) is 0 Å². The number of hydrogen-bond donors (Lipinski definition) is 2. The highest BCUT2D eigenvalue weighted by molar-refractivity contribution is 7.47. The molecule has 0 aromatic carbocycles. The summed E-state index contributed by atoms with van der Waals surface area (Å²) in [6.07, 6.45) is 25.2. The molecule has 0 aliphatic rings. The maximum Gasteiger partial charge on any atom is 0.472 e. The van der Waals surface area contributed by atoms with Gasteiger partial charge in [-0.05, 0) is 6.42 Å². The second kappa shape index (κ2) is 29.1. The van der Waals surface area contributed by atoms with Crippen molar-refractivity contribution in [2.75, 3.05) is 26.4 Å². The van der Waals surface area contributed by atoms with Gasteiger partial charge in [0.15, 0.2) is 6.10 Å². The Balaban J connectivity index is 3.75. The molecule has 0 amide bonds. The Hall–Kier alpha value is -0.990. The molecule has 244 valence electrons. The van der Waals surface area contributed by atoms with E-state index in [0.29, 0.717) is 6.42 Å². The zero-order chi connectivity index (χ0) is 30.4. The van der Waals surface area contributed by atoms with Crippen molar-refractivity contribution in [1.82, 2.24) is 0 Å². The molecule has 0 saturated heterocycles. The van der Waals surface area contributed by atoms with Crippen LogP contribution in [-0.2, 0) is 32.7 Å². The van der Waals surface area contributed by atoms with E-state index in [4.69, 9.17) is 19.7 Å². The minimum absolute atomic E-state index is 0.0555. The van der Waals surface area contributed by atoms with Gasteiger partial charge >= 0.3 is 19.8 Å². The third-order valence-corrected chi connectivity index (χ3v) is 8.03. The van der Waals surface area contributed by atoms with Crippen LogP contribution in [0.15, 0.2) is 0 Å². The van der Waals surface area contributed by atoms with Crippen LogP contribution in [0.4, 0.5) is 0 Å². The number of ether oxygens (including phenoxy) is 2. The lowest BCUT2D eigenvalue weighted by atomic mass is 10.0. The first-order valence-corrected chi connectivity index (χ1v) is 18.0. The summed E-state index contributed by atoms with van der Waals surface area (Å²) in [4.78, 5) is 33.4. The van der Waals surface area contributed by atoms with Crippen molar-refractivity contribution in [3.05, 3.63) is 0 Å². The number of carbonyl (C=O) groups is 2. The lowest BCUT2D eigenvalue weighted by Crippen LogP contribution is -2.29. The van der Waals surface area contributed by atoms with Gasteiger partial charge in [0.1, 0.15) is 6.61 Å². The number of phosphoric acid groups is 1. The van der Waals surface area contributed by atoms with E-state index in [2.05, 4.69) is 11.4 Å². The Bertz CT molecular complexity index is 664. The summed E-state index contributed by atoms with van der Waals surface area (Å²) in [5, 5.41) is 0. The van der Waals surface area contributed by atoms with E-state index in [-0.39, 0.29) is 32.6 Å². The second-order valence-corrected chi connectivity index (χ2v) is 12.5. The van der Waals surface area contributed by atoms with Crippen molar-refractivity contribution >= 4 is 19.8 Å². The predicted octanol–water partition coefficient (Wildman–Crippen LogP) is 8.16. The molecule has 0 aromatic heterocycles. The number of nitrogens with two attached hydrogens (primary N) is 1. The number of hydrogen-bond acceptors (Lipinski definition) is 8. The second-order valence-electron chi connectivity index (χ2n) is 11.0. The smallest absolute Gasteiger partial charge is 0.462 e. The average Bonchev–Trinajstić information content (AvgIpc) is 2.96. The fourth-order valence-electron chi connectivity index (χ4n) is 4.56. The van der Waals surface area contributed by atoms with Crippen LogP contribution in [0.25, 0.3) is 0 Å². The molecule has 0 saturated carbocycles. The van der Waals surface area contributed by atoms with Crippen LogP contribution in [0.5, 0.6) is 0 Å². The quantitative estimate of drug-likeness (QED) is 0.0454. The van der Waals surface area contributed by atoms with Gasteiger partial charge in [0, 0.05) is 19.4 Å². The molecule has 0 radical (unpaired) electrons. The molecule has 0 bridgehead atoms. The Labute approximate surface area is 250 Å². The summed E-state index contributed by atoms with van der Waals surface area (Å²) in [5.41, 5.74) is 5.26. The van der Waals surface area contributed by atoms with Crippen molar-refractivity contribution in [3.63, 3.8) is 0 Å². The van der Waals surface area contributed by atoms with Crippen LogP contribution in [0.1, 0.15) is 155 Å². The average molecular weight is 608 g/mol. The number of esters is 2.